The number of nitrogens with one attached hydrogen (secondary N) is 1. The lowest BCUT2D eigenvalue weighted by molar-refractivity contribution is 0.360. The zero-order chi connectivity index (χ0) is 42.0. The maximum absolute atomic E-state index is 6.59. The Kier molecular flexibility index (Phi) is 9.01. The van der Waals surface area contributed by atoms with E-state index in [9.17, 15) is 0 Å². The molecule has 9 aromatic rings. The van der Waals surface area contributed by atoms with E-state index in [1.165, 1.54) is 44.1 Å². The lowest BCUT2D eigenvalue weighted by atomic mass is 9.57. The van der Waals surface area contributed by atoms with E-state index in [1.807, 2.05) is 24.3 Å². The molecule has 0 bridgehead atoms. The molecule has 4 nitrogen and oxygen atoms in total. The summed E-state index contributed by atoms with van der Waals surface area (Å²) in [6, 6.07) is 67.5. The van der Waals surface area contributed by atoms with E-state index >= 15 is 0 Å². The molecule has 0 saturated carbocycles. The van der Waals surface area contributed by atoms with Gasteiger partial charge >= 0.3 is 0 Å². The van der Waals surface area contributed by atoms with Gasteiger partial charge in [0, 0.05) is 40.1 Å². The van der Waals surface area contributed by atoms with Crippen LogP contribution in [0.4, 0.5) is 28.4 Å². The minimum absolute atomic E-state index is 0.0613. The van der Waals surface area contributed by atoms with Crippen molar-refractivity contribution >= 4 is 57.4 Å². The number of fused-ring (bicyclic) bond motifs is 5. The highest BCUT2D eigenvalue weighted by molar-refractivity contribution is 6.73. The average Bonchev–Trinajstić information content (AvgIpc) is 3.29. The van der Waals surface area contributed by atoms with Gasteiger partial charge in [-0.3, -0.25) is 0 Å². The molecule has 0 atom stereocenters. The first-order chi connectivity index (χ1) is 30.2. The Bertz CT molecular complexity index is 3170. The van der Waals surface area contributed by atoms with Crippen molar-refractivity contribution in [3.05, 3.63) is 199 Å². The van der Waals surface area contributed by atoms with Crippen LogP contribution in [0, 0.1) is 6.92 Å². The molecular formula is C57H45BN2O2. The molecule has 0 fully saturated rings. The molecule has 0 aromatic heterocycles. The smallest absolute Gasteiger partial charge is 0.198 e. The highest BCUT2D eigenvalue weighted by atomic mass is 16.6. The molecule has 0 spiro atoms. The van der Waals surface area contributed by atoms with Crippen LogP contribution in [0.2, 0.25) is 0 Å². The molecule has 9 aromatic carbocycles. The summed E-state index contributed by atoms with van der Waals surface area (Å²) in [5, 5.41) is 6.27. The minimum Gasteiger partial charge on any atom is -0.450 e. The summed E-state index contributed by atoms with van der Waals surface area (Å²) in [6.45, 7) is 9.00. The number of rotatable bonds is 6. The minimum atomic E-state index is 0.0613. The van der Waals surface area contributed by atoms with Gasteiger partial charge in [-0.15, -0.1) is 0 Å². The van der Waals surface area contributed by atoms with Gasteiger partial charge in [0.15, 0.2) is 30.3 Å². The third-order valence-corrected chi connectivity index (χ3v) is 12.4. The summed E-state index contributed by atoms with van der Waals surface area (Å²) in [7, 11) is 0.692. The van der Waals surface area contributed by atoms with Crippen molar-refractivity contribution in [3.8, 4) is 56.4 Å². The van der Waals surface area contributed by atoms with Crippen LogP contribution in [-0.2, 0) is 5.41 Å². The van der Waals surface area contributed by atoms with Crippen molar-refractivity contribution in [2.24, 2.45) is 0 Å². The lowest BCUT2D eigenvalue weighted by Gasteiger charge is -2.37. The number of anilines is 5. The summed E-state index contributed by atoms with van der Waals surface area (Å²) in [6.07, 6.45) is 0. The topological polar surface area (TPSA) is 33.7 Å². The molecule has 0 unspecified atom stereocenters. The van der Waals surface area contributed by atoms with Crippen molar-refractivity contribution in [2.75, 3.05) is 10.2 Å². The van der Waals surface area contributed by atoms with Gasteiger partial charge in [0.05, 0.1) is 0 Å². The second kappa shape index (κ2) is 14.9. The number of hydrogen-bond donors (Lipinski definition) is 1. The Morgan fingerprint density at radius 3 is 1.74 bits per heavy atom. The second-order valence-corrected chi connectivity index (χ2v) is 17.5. The first-order valence-corrected chi connectivity index (χ1v) is 21.4. The van der Waals surface area contributed by atoms with Crippen LogP contribution in [-0.4, -0.2) is 7.28 Å². The van der Waals surface area contributed by atoms with E-state index in [0.717, 1.165) is 62.1 Å². The first-order valence-electron chi connectivity index (χ1n) is 21.4. The number of nitrogens with zero attached hydrogens (tertiary/aromatic N) is 1. The van der Waals surface area contributed by atoms with E-state index in [1.54, 1.807) is 0 Å². The van der Waals surface area contributed by atoms with Crippen LogP contribution in [0.5, 0.6) is 23.0 Å². The van der Waals surface area contributed by atoms with E-state index in [2.05, 4.69) is 202 Å². The summed E-state index contributed by atoms with van der Waals surface area (Å²) in [5.74, 6) is 2.85. The Morgan fingerprint density at radius 2 is 1.08 bits per heavy atom. The number of benzene rings is 9. The van der Waals surface area contributed by atoms with Gasteiger partial charge in [-0.1, -0.05) is 141 Å². The highest BCUT2D eigenvalue weighted by Crippen LogP contribution is 2.50. The molecule has 298 valence electrons. The first kappa shape index (κ1) is 37.5. The quantitative estimate of drug-likeness (QED) is 0.170. The molecule has 0 amide bonds. The predicted octanol–water partition coefficient (Wildman–Crippen LogP) is 14.3. The molecule has 2 aliphatic rings. The molecule has 2 aliphatic heterocycles. The maximum Gasteiger partial charge on any atom is 0.198 e. The SMILES string of the molecule is Cc1cc(-c2ccccc2)ccc1N1c2cc3c(cc2Bc2c(-c4cc5ccccc5cc4Nc4ccc(C(C)(C)C)cc4)cc(-c4ccccc4)cc21)Oc1ccccc1O3. The van der Waals surface area contributed by atoms with Crippen LogP contribution < -0.4 is 30.6 Å². The van der Waals surface area contributed by atoms with Crippen LogP contribution >= 0.6 is 0 Å². The lowest BCUT2D eigenvalue weighted by Crippen LogP contribution is -2.41. The van der Waals surface area contributed by atoms with Gasteiger partial charge in [0.1, 0.15) is 0 Å². The van der Waals surface area contributed by atoms with Crippen molar-refractivity contribution in [2.45, 2.75) is 33.1 Å². The predicted molar refractivity (Wildman–Crippen MR) is 261 cm³/mol. The van der Waals surface area contributed by atoms with Crippen molar-refractivity contribution in [3.63, 3.8) is 0 Å². The van der Waals surface area contributed by atoms with Crippen molar-refractivity contribution in [1.29, 1.82) is 0 Å². The molecule has 11 rings (SSSR count). The number of para-hydroxylation sites is 2. The molecule has 0 saturated heterocycles. The van der Waals surface area contributed by atoms with Crippen molar-refractivity contribution < 1.29 is 9.47 Å². The monoisotopic (exact) mass is 800 g/mol. The standard InChI is InChI=1S/C57H45BN2O2/c1-36-29-41(37-15-7-5-8-16-37)23-28-49(36)60-50-35-55-54(61-52-21-13-14-22-53(52)62-55)34-47(50)58-56-46(31-42(33-51(56)60)38-17-9-6-10-18-38)45-30-39-19-11-12-20-40(39)32-48(45)59-44-26-24-43(25-27-44)57(2,3)4/h5-35,58-59H,1-4H3. The number of ether oxygens (including phenoxy) is 2. The fourth-order valence-corrected chi connectivity index (χ4v) is 9.11. The normalized spacial score (nSPS) is 12.5. The Morgan fingerprint density at radius 1 is 0.468 bits per heavy atom. The molecular weight excluding hydrogens is 755 g/mol. The Labute approximate surface area is 364 Å². The third kappa shape index (κ3) is 6.76. The third-order valence-electron chi connectivity index (χ3n) is 12.4. The zero-order valence-electron chi connectivity index (χ0n) is 35.4. The maximum atomic E-state index is 6.59. The molecule has 1 N–H and O–H groups in total. The summed E-state index contributed by atoms with van der Waals surface area (Å²) < 4.78 is 13.2. The fourth-order valence-electron chi connectivity index (χ4n) is 9.11. The van der Waals surface area contributed by atoms with Gasteiger partial charge in [-0.25, -0.2) is 0 Å². The summed E-state index contributed by atoms with van der Waals surface area (Å²) >= 11 is 0. The van der Waals surface area contributed by atoms with E-state index in [4.69, 9.17) is 9.47 Å². The van der Waals surface area contributed by atoms with Gasteiger partial charge in [-0.2, -0.15) is 0 Å². The highest BCUT2D eigenvalue weighted by Gasteiger charge is 2.33. The van der Waals surface area contributed by atoms with Crippen LogP contribution in [0.15, 0.2) is 188 Å². The van der Waals surface area contributed by atoms with E-state index < -0.39 is 0 Å². The Hall–Kier alpha value is -7.50. The summed E-state index contributed by atoms with van der Waals surface area (Å²) in [4.78, 5) is 2.46. The van der Waals surface area contributed by atoms with Crippen LogP contribution in [0.25, 0.3) is 44.2 Å². The molecule has 5 heteroatoms. The largest absolute Gasteiger partial charge is 0.450 e. The molecule has 62 heavy (non-hydrogen) atoms. The Balaban J connectivity index is 1.16. The summed E-state index contributed by atoms with van der Waals surface area (Å²) in [5.41, 5.74) is 17.3. The molecule has 2 heterocycles. The second-order valence-electron chi connectivity index (χ2n) is 17.5. The van der Waals surface area contributed by atoms with Crippen LogP contribution in [0.3, 0.4) is 0 Å². The van der Waals surface area contributed by atoms with Crippen molar-refractivity contribution in [1.82, 2.24) is 0 Å². The molecule has 0 radical (unpaired) electrons. The number of hydrogen-bond acceptors (Lipinski definition) is 4. The van der Waals surface area contributed by atoms with E-state index in [-0.39, 0.29) is 5.41 Å². The fraction of sp³-hybridized carbons (Fsp3) is 0.0877. The van der Waals surface area contributed by atoms with E-state index in [0.29, 0.717) is 18.8 Å². The zero-order valence-corrected chi connectivity index (χ0v) is 35.4. The van der Waals surface area contributed by atoms with Gasteiger partial charge < -0.3 is 19.7 Å². The van der Waals surface area contributed by atoms with Gasteiger partial charge in [0.25, 0.3) is 0 Å². The van der Waals surface area contributed by atoms with Crippen LogP contribution in [0.1, 0.15) is 31.9 Å². The molecule has 0 aliphatic carbocycles. The average molecular weight is 801 g/mol. The van der Waals surface area contributed by atoms with Gasteiger partial charge in [0.2, 0.25) is 0 Å². The number of aryl methyl sites for hydroxylation is 1. The van der Waals surface area contributed by atoms with Gasteiger partial charge in [-0.05, 0) is 134 Å².